The van der Waals surface area contributed by atoms with Crippen LogP contribution in [-0.4, -0.2) is 31.2 Å². The largest absolute Gasteiger partial charge is 0.497 e. The molecule has 1 saturated heterocycles. The zero-order valence-electron chi connectivity index (χ0n) is 14.9. The van der Waals surface area contributed by atoms with Crippen molar-refractivity contribution in [2.24, 2.45) is 5.92 Å². The first-order valence-corrected chi connectivity index (χ1v) is 9.39. The second-order valence-electron chi connectivity index (χ2n) is 7.20. The van der Waals surface area contributed by atoms with Crippen LogP contribution in [0.4, 0.5) is 5.82 Å². The summed E-state index contributed by atoms with van der Waals surface area (Å²) in [5.41, 5.74) is 1.40. The van der Waals surface area contributed by atoms with Crippen molar-refractivity contribution in [1.29, 1.82) is 0 Å². The molecular weight excluding hydrogens is 310 g/mol. The summed E-state index contributed by atoms with van der Waals surface area (Å²) in [6, 6.07) is 15.8. The second-order valence-corrected chi connectivity index (χ2v) is 7.20. The van der Waals surface area contributed by atoms with Gasteiger partial charge in [0.2, 0.25) is 0 Å². The SMILES string of the molecule is COc1ccc(C(NC2CCN(c3ccccn3)CC2)C2CC2)cc1. The lowest BCUT2D eigenvalue weighted by molar-refractivity contribution is 0.348. The number of ether oxygens (including phenoxy) is 1. The quantitative estimate of drug-likeness (QED) is 0.870. The second kappa shape index (κ2) is 7.44. The molecule has 0 spiro atoms. The molecule has 4 heteroatoms. The van der Waals surface area contributed by atoms with Crippen LogP contribution in [0.15, 0.2) is 48.7 Å². The molecule has 0 bridgehead atoms. The van der Waals surface area contributed by atoms with Crippen LogP contribution in [-0.2, 0) is 0 Å². The lowest BCUT2D eigenvalue weighted by Gasteiger charge is -2.35. The van der Waals surface area contributed by atoms with E-state index in [4.69, 9.17) is 4.74 Å². The Balaban J connectivity index is 1.37. The van der Waals surface area contributed by atoms with Crippen molar-refractivity contribution >= 4 is 5.82 Å². The van der Waals surface area contributed by atoms with Gasteiger partial charge in [0.25, 0.3) is 0 Å². The fourth-order valence-corrected chi connectivity index (χ4v) is 3.82. The molecule has 1 saturated carbocycles. The maximum absolute atomic E-state index is 5.30. The molecule has 0 amide bonds. The van der Waals surface area contributed by atoms with Crippen LogP contribution in [0.25, 0.3) is 0 Å². The van der Waals surface area contributed by atoms with E-state index in [1.807, 2.05) is 12.3 Å². The summed E-state index contributed by atoms with van der Waals surface area (Å²) >= 11 is 0. The van der Waals surface area contributed by atoms with Gasteiger partial charge in [0.1, 0.15) is 11.6 Å². The Bertz CT molecular complexity index is 661. The topological polar surface area (TPSA) is 37.4 Å². The van der Waals surface area contributed by atoms with Crippen LogP contribution in [0.1, 0.15) is 37.3 Å². The van der Waals surface area contributed by atoms with E-state index in [0.717, 1.165) is 30.6 Å². The number of hydrogen-bond donors (Lipinski definition) is 1. The summed E-state index contributed by atoms with van der Waals surface area (Å²) in [5.74, 6) is 2.83. The molecule has 4 rings (SSSR count). The smallest absolute Gasteiger partial charge is 0.128 e. The average Bonchev–Trinajstić information content (AvgIpc) is 3.53. The fourth-order valence-electron chi connectivity index (χ4n) is 3.82. The predicted octanol–water partition coefficient (Wildman–Crippen LogP) is 3.80. The summed E-state index contributed by atoms with van der Waals surface area (Å²) in [5, 5.41) is 3.96. The molecule has 4 nitrogen and oxygen atoms in total. The number of nitrogens with one attached hydrogen (secondary N) is 1. The van der Waals surface area contributed by atoms with E-state index in [1.54, 1.807) is 7.11 Å². The van der Waals surface area contributed by atoms with Gasteiger partial charge in [0, 0.05) is 31.4 Å². The van der Waals surface area contributed by atoms with Crippen LogP contribution in [0.2, 0.25) is 0 Å². The molecule has 1 atom stereocenters. The number of hydrogen-bond acceptors (Lipinski definition) is 4. The minimum Gasteiger partial charge on any atom is -0.497 e. The lowest BCUT2D eigenvalue weighted by atomic mass is 9.98. The number of piperidine rings is 1. The van der Waals surface area contributed by atoms with Crippen molar-refractivity contribution in [3.05, 3.63) is 54.2 Å². The third-order valence-corrected chi connectivity index (χ3v) is 5.45. The highest BCUT2D eigenvalue weighted by Gasteiger charge is 2.34. The van der Waals surface area contributed by atoms with E-state index in [9.17, 15) is 0 Å². The molecule has 1 aromatic heterocycles. The molecule has 1 unspecified atom stereocenters. The Hall–Kier alpha value is -2.07. The van der Waals surface area contributed by atoms with E-state index < -0.39 is 0 Å². The van der Waals surface area contributed by atoms with Crippen LogP contribution in [0.5, 0.6) is 5.75 Å². The first-order valence-electron chi connectivity index (χ1n) is 9.39. The van der Waals surface area contributed by atoms with Crippen LogP contribution < -0.4 is 15.0 Å². The molecular formula is C21H27N3O. The highest BCUT2D eigenvalue weighted by atomic mass is 16.5. The minimum absolute atomic E-state index is 0.484. The van der Waals surface area contributed by atoms with Crippen molar-refractivity contribution in [2.45, 2.75) is 37.8 Å². The maximum Gasteiger partial charge on any atom is 0.128 e. The fraction of sp³-hybridized carbons (Fsp3) is 0.476. The standard InChI is InChI=1S/C21H27N3O/c1-25-19-9-7-17(8-10-19)21(16-5-6-16)23-18-11-14-24(15-12-18)20-4-2-3-13-22-20/h2-4,7-10,13,16,18,21,23H,5-6,11-12,14-15H2,1H3. The molecule has 0 radical (unpaired) electrons. The van der Waals surface area contributed by atoms with Gasteiger partial charge in [-0.05, 0) is 61.4 Å². The number of nitrogens with zero attached hydrogens (tertiary/aromatic N) is 2. The molecule has 1 aliphatic heterocycles. The van der Waals surface area contributed by atoms with Gasteiger partial charge in [-0.2, -0.15) is 0 Å². The molecule has 2 aliphatic rings. The predicted molar refractivity (Wildman–Crippen MR) is 101 cm³/mol. The van der Waals surface area contributed by atoms with Gasteiger partial charge in [0.15, 0.2) is 0 Å². The van der Waals surface area contributed by atoms with E-state index >= 15 is 0 Å². The van der Waals surface area contributed by atoms with Crippen molar-refractivity contribution in [3.63, 3.8) is 0 Å². The normalized spacial score (nSPS) is 19.6. The Labute approximate surface area is 150 Å². The van der Waals surface area contributed by atoms with Crippen LogP contribution in [0.3, 0.4) is 0 Å². The Morgan fingerprint density at radius 2 is 1.80 bits per heavy atom. The number of anilines is 1. The third kappa shape index (κ3) is 3.96. The molecule has 2 heterocycles. The number of pyridine rings is 1. The summed E-state index contributed by atoms with van der Waals surface area (Å²) in [6.07, 6.45) is 6.92. The molecule has 1 N–H and O–H groups in total. The number of benzene rings is 1. The van der Waals surface area contributed by atoms with E-state index in [0.29, 0.717) is 12.1 Å². The maximum atomic E-state index is 5.30. The van der Waals surface area contributed by atoms with Gasteiger partial charge >= 0.3 is 0 Å². The van der Waals surface area contributed by atoms with Crippen molar-refractivity contribution < 1.29 is 4.74 Å². The molecule has 132 valence electrons. The van der Waals surface area contributed by atoms with Gasteiger partial charge in [-0.1, -0.05) is 18.2 Å². The van der Waals surface area contributed by atoms with Crippen molar-refractivity contribution in [1.82, 2.24) is 10.3 Å². The van der Waals surface area contributed by atoms with E-state index in [-0.39, 0.29) is 0 Å². The molecule has 25 heavy (non-hydrogen) atoms. The molecule has 1 aromatic carbocycles. The Morgan fingerprint density at radius 3 is 2.40 bits per heavy atom. The highest BCUT2D eigenvalue weighted by Crippen LogP contribution is 2.42. The van der Waals surface area contributed by atoms with Crippen molar-refractivity contribution in [3.8, 4) is 5.75 Å². The zero-order chi connectivity index (χ0) is 17.1. The van der Waals surface area contributed by atoms with E-state index in [2.05, 4.69) is 51.6 Å². The first kappa shape index (κ1) is 16.4. The van der Waals surface area contributed by atoms with Crippen LogP contribution >= 0.6 is 0 Å². The Morgan fingerprint density at radius 1 is 1.04 bits per heavy atom. The monoisotopic (exact) mass is 337 g/mol. The highest BCUT2D eigenvalue weighted by molar-refractivity contribution is 5.38. The van der Waals surface area contributed by atoms with Crippen molar-refractivity contribution in [2.75, 3.05) is 25.1 Å². The summed E-state index contributed by atoms with van der Waals surface area (Å²) in [6.45, 7) is 2.16. The minimum atomic E-state index is 0.484. The Kier molecular flexibility index (Phi) is 4.88. The zero-order valence-corrected chi connectivity index (χ0v) is 14.9. The van der Waals surface area contributed by atoms with Gasteiger partial charge in [0.05, 0.1) is 7.11 Å². The van der Waals surface area contributed by atoms with Gasteiger partial charge in [-0.3, -0.25) is 0 Å². The summed E-state index contributed by atoms with van der Waals surface area (Å²) in [4.78, 5) is 6.88. The molecule has 1 aliphatic carbocycles. The van der Waals surface area contributed by atoms with Gasteiger partial charge in [-0.25, -0.2) is 4.98 Å². The van der Waals surface area contributed by atoms with E-state index in [1.165, 1.54) is 31.2 Å². The first-order chi connectivity index (χ1) is 12.3. The lowest BCUT2D eigenvalue weighted by Crippen LogP contribution is -2.44. The number of methoxy groups -OCH3 is 1. The van der Waals surface area contributed by atoms with Gasteiger partial charge in [-0.15, -0.1) is 0 Å². The van der Waals surface area contributed by atoms with Gasteiger partial charge < -0.3 is 15.0 Å². The number of rotatable bonds is 6. The average molecular weight is 337 g/mol. The molecule has 2 fully saturated rings. The summed E-state index contributed by atoms with van der Waals surface area (Å²) in [7, 11) is 1.72. The number of aromatic nitrogens is 1. The third-order valence-electron chi connectivity index (χ3n) is 5.45. The molecule has 2 aromatic rings. The summed E-state index contributed by atoms with van der Waals surface area (Å²) < 4.78 is 5.30. The van der Waals surface area contributed by atoms with Crippen LogP contribution in [0, 0.1) is 5.92 Å².